The summed E-state index contributed by atoms with van der Waals surface area (Å²) >= 11 is 0. The second-order valence-electron chi connectivity index (χ2n) is 13.5. The average molecular weight is 651 g/mol. The van der Waals surface area contributed by atoms with E-state index in [4.69, 9.17) is 14.2 Å². The number of ether oxygens (including phenoxy) is 3. The number of allylic oxidation sites excluding steroid dienone is 2. The molecule has 3 heterocycles. The van der Waals surface area contributed by atoms with Crippen LogP contribution in [0.1, 0.15) is 65.5 Å². The Hall–Kier alpha value is -3.97. The number of nitrogens with one attached hydrogen (secondary N) is 1. The van der Waals surface area contributed by atoms with Gasteiger partial charge in [0.2, 0.25) is 11.8 Å². The van der Waals surface area contributed by atoms with Gasteiger partial charge in [-0.3, -0.25) is 4.79 Å². The van der Waals surface area contributed by atoms with Crippen molar-refractivity contribution in [2.45, 2.75) is 90.0 Å². The number of amides is 2. The van der Waals surface area contributed by atoms with Crippen molar-refractivity contribution in [3.05, 3.63) is 41.6 Å². The minimum atomic E-state index is -3.75. The zero-order chi connectivity index (χ0) is 33.6. The number of nitrogens with zero attached hydrogens (tertiary/aromatic N) is 3. The van der Waals surface area contributed by atoms with Gasteiger partial charge in [0.15, 0.2) is 17.3 Å². The van der Waals surface area contributed by atoms with Crippen molar-refractivity contribution < 1.29 is 46.2 Å². The van der Waals surface area contributed by atoms with E-state index in [9.17, 15) is 23.2 Å². The average Bonchev–Trinajstić information content (AvgIpc) is 3.55. The summed E-state index contributed by atoms with van der Waals surface area (Å²) in [6, 6.07) is -0.922. The second-order valence-corrected chi connectivity index (χ2v) is 13.5. The third-order valence-corrected chi connectivity index (χ3v) is 8.82. The normalized spacial score (nSPS) is 29.5. The van der Waals surface area contributed by atoms with Crippen molar-refractivity contribution in [3.63, 3.8) is 0 Å². The molecule has 0 radical (unpaired) electrons. The molecule has 2 amide bonds. The van der Waals surface area contributed by atoms with Crippen molar-refractivity contribution in [2.75, 3.05) is 13.7 Å². The van der Waals surface area contributed by atoms with Crippen LogP contribution in [0, 0.1) is 28.9 Å². The molecular weight excluding hydrogens is 612 g/mol. The van der Waals surface area contributed by atoms with E-state index in [2.05, 4.69) is 15.3 Å². The number of methoxy groups -OCH3 is 1. The first-order chi connectivity index (χ1) is 21.6. The lowest BCUT2D eigenvalue weighted by Gasteiger charge is -2.35. The fourth-order valence-electron chi connectivity index (χ4n) is 6.50. The van der Waals surface area contributed by atoms with E-state index in [1.165, 1.54) is 11.0 Å². The van der Waals surface area contributed by atoms with Crippen molar-refractivity contribution in [3.8, 4) is 5.88 Å². The Kier molecular flexibility index (Phi) is 9.20. The molecule has 1 aromatic carbocycles. The first-order valence-corrected chi connectivity index (χ1v) is 15.3. The van der Waals surface area contributed by atoms with Crippen LogP contribution in [0.4, 0.5) is 22.4 Å². The van der Waals surface area contributed by atoms with Crippen LogP contribution in [-0.2, 0) is 25.0 Å². The molecule has 0 unspecified atom stereocenters. The summed E-state index contributed by atoms with van der Waals surface area (Å²) in [7, 11) is 1.14. The fraction of sp³-hybridized carbons (Fsp3) is 0.594. The van der Waals surface area contributed by atoms with Crippen LogP contribution in [0.2, 0.25) is 0 Å². The van der Waals surface area contributed by atoms with E-state index in [-0.39, 0.29) is 42.3 Å². The van der Waals surface area contributed by atoms with Gasteiger partial charge in [-0.15, -0.1) is 0 Å². The van der Waals surface area contributed by atoms with Crippen LogP contribution in [-0.4, -0.2) is 70.8 Å². The number of alkyl halides is 2. The number of hydrogen-bond acceptors (Lipinski definition) is 8. The van der Waals surface area contributed by atoms with E-state index in [1.807, 2.05) is 6.92 Å². The van der Waals surface area contributed by atoms with Gasteiger partial charge in [0.25, 0.3) is 0 Å². The molecule has 2 aromatic rings. The maximum Gasteiger partial charge on any atom is 0.408 e. The second kappa shape index (κ2) is 12.7. The van der Waals surface area contributed by atoms with Gasteiger partial charge in [0.1, 0.15) is 24.3 Å². The molecular formula is C32H38F4N4O6. The number of alkyl carbamates (subject to hydrolysis) is 1. The van der Waals surface area contributed by atoms with Crippen LogP contribution >= 0.6 is 0 Å². The lowest BCUT2D eigenvalue weighted by Crippen LogP contribution is -2.57. The molecule has 2 bridgehead atoms. The highest BCUT2D eigenvalue weighted by Crippen LogP contribution is 2.39. The highest BCUT2D eigenvalue weighted by molar-refractivity contribution is 5.91. The van der Waals surface area contributed by atoms with Gasteiger partial charge in [0, 0.05) is 18.6 Å². The van der Waals surface area contributed by atoms with Crippen molar-refractivity contribution >= 4 is 29.0 Å². The summed E-state index contributed by atoms with van der Waals surface area (Å²) in [5, 5.41) is 2.71. The van der Waals surface area contributed by atoms with Gasteiger partial charge in [-0.05, 0) is 49.0 Å². The Morgan fingerprint density at radius 1 is 1.07 bits per heavy atom. The number of aromatic nitrogens is 2. The SMILES string of the molecule is COC(=O)[C@@H]1C[C@@H]2CN1C(=O)[C@H](C(C)(C)C)NC(=O)O[C@@H]1C[C@H](C)C[C@H]1CC/C=C/C(F)(F)c1nc3cc(F)c(F)cc3nc1O2. The minimum Gasteiger partial charge on any atom is -0.471 e. The molecule has 14 heteroatoms. The monoisotopic (exact) mass is 650 g/mol. The van der Waals surface area contributed by atoms with E-state index >= 15 is 8.78 Å². The highest BCUT2D eigenvalue weighted by atomic mass is 19.3. The third-order valence-electron chi connectivity index (χ3n) is 8.82. The van der Waals surface area contributed by atoms with Crippen molar-refractivity contribution in [1.82, 2.24) is 20.2 Å². The first-order valence-electron chi connectivity index (χ1n) is 15.3. The van der Waals surface area contributed by atoms with E-state index < -0.39 is 76.8 Å². The van der Waals surface area contributed by atoms with Gasteiger partial charge in [-0.2, -0.15) is 8.78 Å². The van der Waals surface area contributed by atoms with Crippen molar-refractivity contribution in [2.24, 2.45) is 17.3 Å². The van der Waals surface area contributed by atoms with Crippen LogP contribution in [0.5, 0.6) is 5.88 Å². The smallest absolute Gasteiger partial charge is 0.408 e. The number of fused-ring (bicyclic) bond motifs is 5. The molecule has 6 atom stereocenters. The topological polar surface area (TPSA) is 120 Å². The lowest BCUT2D eigenvalue weighted by atomic mass is 9.85. The molecule has 2 fully saturated rings. The van der Waals surface area contributed by atoms with Crippen molar-refractivity contribution in [1.29, 1.82) is 0 Å². The molecule has 0 spiro atoms. The van der Waals surface area contributed by atoms with E-state index in [1.54, 1.807) is 20.8 Å². The first kappa shape index (κ1) is 33.4. The number of esters is 1. The summed E-state index contributed by atoms with van der Waals surface area (Å²) in [5.41, 5.74) is -2.30. The zero-order valence-corrected chi connectivity index (χ0v) is 26.3. The number of hydrogen-bond donors (Lipinski definition) is 1. The molecule has 1 saturated carbocycles. The maximum atomic E-state index is 15.8. The summed E-state index contributed by atoms with van der Waals surface area (Å²) in [4.78, 5) is 49.3. The summed E-state index contributed by atoms with van der Waals surface area (Å²) in [6.45, 7) is 6.98. The number of rotatable bonds is 1. The Bertz CT molecular complexity index is 1550. The van der Waals surface area contributed by atoms with Gasteiger partial charge in [-0.1, -0.05) is 33.8 Å². The number of halogens is 4. The predicted molar refractivity (Wildman–Crippen MR) is 157 cm³/mol. The molecule has 10 nitrogen and oxygen atoms in total. The Labute approximate surface area is 263 Å². The van der Waals surface area contributed by atoms with E-state index in [0.29, 0.717) is 25.0 Å². The number of carbonyl (C=O) groups is 3. The molecule has 3 aliphatic rings. The molecule has 1 N–H and O–H groups in total. The Balaban J connectivity index is 1.60. The minimum absolute atomic E-state index is 0.109. The van der Waals surface area contributed by atoms with Gasteiger partial charge in [-0.25, -0.2) is 28.3 Å². The van der Waals surface area contributed by atoms with Crippen LogP contribution in [0.25, 0.3) is 11.0 Å². The molecule has 46 heavy (non-hydrogen) atoms. The molecule has 1 saturated heterocycles. The fourth-order valence-corrected chi connectivity index (χ4v) is 6.50. The predicted octanol–water partition coefficient (Wildman–Crippen LogP) is 5.43. The Morgan fingerprint density at radius 3 is 2.39 bits per heavy atom. The molecule has 1 aromatic heterocycles. The molecule has 250 valence electrons. The van der Waals surface area contributed by atoms with Gasteiger partial charge in [0.05, 0.1) is 24.7 Å². The van der Waals surface area contributed by atoms with E-state index in [0.717, 1.165) is 19.6 Å². The number of carbonyl (C=O) groups excluding carboxylic acids is 3. The highest BCUT2D eigenvalue weighted by Gasteiger charge is 2.48. The van der Waals surface area contributed by atoms with Gasteiger partial charge >= 0.3 is 18.0 Å². The maximum absolute atomic E-state index is 15.8. The summed E-state index contributed by atoms with van der Waals surface area (Å²) < 4.78 is 76.4. The molecule has 1 aliphatic carbocycles. The third kappa shape index (κ3) is 6.90. The molecule has 5 rings (SSSR count). The van der Waals surface area contributed by atoms with Gasteiger partial charge < -0.3 is 24.4 Å². The quantitative estimate of drug-likeness (QED) is 0.247. The lowest BCUT2D eigenvalue weighted by molar-refractivity contribution is -0.152. The summed E-state index contributed by atoms with van der Waals surface area (Å²) in [5.74, 6) is -8.23. The Morgan fingerprint density at radius 2 is 1.74 bits per heavy atom. The number of benzene rings is 1. The van der Waals surface area contributed by atoms with Crippen LogP contribution < -0.4 is 10.1 Å². The molecule has 2 aliphatic heterocycles. The standard InChI is InChI=1S/C32H38F4N4O6/c1-16-10-17-8-6-7-9-32(35,36)25-27(38-22-14-20(34)19(33)13-21(22)37-25)45-18-12-23(29(42)44-5)40(15-18)28(41)26(31(2,3)4)39-30(43)46-24(17)11-16/h7,9,13-14,16-18,23-24,26H,6,8,10-12,15H2,1-5H3,(H,39,43)/b9-7+/t16-,17-,18-,23+,24-,26-/m1/s1. The zero-order valence-electron chi connectivity index (χ0n) is 26.3. The summed E-state index contributed by atoms with van der Waals surface area (Å²) in [6.07, 6.45) is 1.41. The van der Waals surface area contributed by atoms with Crippen LogP contribution in [0.15, 0.2) is 24.3 Å². The van der Waals surface area contributed by atoms with Crippen LogP contribution in [0.3, 0.4) is 0 Å². The largest absolute Gasteiger partial charge is 0.471 e.